The second-order valence-electron chi connectivity index (χ2n) is 3.29. The molecule has 2 saturated heterocycles. The maximum absolute atomic E-state index is 5.26. The molecule has 1 N–H and O–H groups in total. The second-order valence-corrected chi connectivity index (χ2v) is 3.29. The predicted octanol–water partition coefficient (Wildman–Crippen LogP) is 0.154. The van der Waals surface area contributed by atoms with Crippen LogP contribution in [0.1, 0.15) is 12.8 Å². The summed E-state index contributed by atoms with van der Waals surface area (Å²) in [4.78, 5) is 0. The first-order valence-electron chi connectivity index (χ1n) is 4.37. The van der Waals surface area contributed by atoms with Crippen LogP contribution in [-0.4, -0.2) is 38.5 Å². The van der Waals surface area contributed by atoms with E-state index in [0.29, 0.717) is 12.1 Å². The first-order valence-corrected chi connectivity index (χ1v) is 4.37. The molecule has 0 spiro atoms. The number of hydrogen-bond donors (Lipinski definition) is 1. The zero-order valence-electron chi connectivity index (χ0n) is 6.71. The minimum Gasteiger partial charge on any atom is -0.380 e. The van der Waals surface area contributed by atoms with Crippen LogP contribution in [0.3, 0.4) is 0 Å². The highest BCUT2D eigenvalue weighted by atomic mass is 16.5. The molecule has 0 aromatic carbocycles. The smallest absolute Gasteiger partial charge is 0.0620 e. The normalized spacial score (nSPS) is 38.2. The van der Waals surface area contributed by atoms with Crippen molar-refractivity contribution in [2.75, 3.05) is 26.4 Å². The molecule has 0 amide bonds. The summed E-state index contributed by atoms with van der Waals surface area (Å²) in [6.07, 6.45) is 2.33. The van der Waals surface area contributed by atoms with Crippen molar-refractivity contribution in [2.45, 2.75) is 24.9 Å². The van der Waals surface area contributed by atoms with Crippen LogP contribution in [0, 0.1) is 0 Å². The third kappa shape index (κ3) is 1.92. The van der Waals surface area contributed by atoms with Gasteiger partial charge in [-0.05, 0) is 12.8 Å². The van der Waals surface area contributed by atoms with E-state index in [1.54, 1.807) is 0 Å². The van der Waals surface area contributed by atoms with E-state index in [4.69, 9.17) is 9.47 Å². The molecule has 2 heterocycles. The Kier molecular flexibility index (Phi) is 2.41. The fraction of sp³-hybridized carbons (Fsp3) is 1.00. The van der Waals surface area contributed by atoms with Crippen molar-refractivity contribution in [1.82, 2.24) is 5.32 Å². The molecular weight excluding hydrogens is 142 g/mol. The molecule has 0 bridgehead atoms. The Bertz CT molecular complexity index is 103. The molecule has 2 fully saturated rings. The number of hydrogen-bond acceptors (Lipinski definition) is 3. The Labute approximate surface area is 67.1 Å². The summed E-state index contributed by atoms with van der Waals surface area (Å²) in [6, 6.07) is 1.17. The molecule has 0 aromatic heterocycles. The van der Waals surface area contributed by atoms with Gasteiger partial charge in [-0.3, -0.25) is 0 Å². The van der Waals surface area contributed by atoms with Crippen LogP contribution < -0.4 is 5.32 Å². The van der Waals surface area contributed by atoms with Gasteiger partial charge in [-0.2, -0.15) is 0 Å². The highest BCUT2D eigenvalue weighted by Crippen LogP contribution is 2.09. The first kappa shape index (κ1) is 7.53. The molecular formula is C8H15NO2. The molecule has 2 aliphatic heterocycles. The van der Waals surface area contributed by atoms with E-state index in [1.807, 2.05) is 0 Å². The van der Waals surface area contributed by atoms with Gasteiger partial charge in [-0.25, -0.2) is 0 Å². The van der Waals surface area contributed by atoms with Crippen LogP contribution in [0.2, 0.25) is 0 Å². The van der Waals surface area contributed by atoms with Gasteiger partial charge in [0.15, 0.2) is 0 Å². The monoisotopic (exact) mass is 157 g/mol. The van der Waals surface area contributed by atoms with Crippen molar-refractivity contribution in [1.29, 1.82) is 0 Å². The summed E-state index contributed by atoms with van der Waals surface area (Å²) in [5.41, 5.74) is 0. The van der Waals surface area contributed by atoms with Crippen LogP contribution in [-0.2, 0) is 9.47 Å². The van der Waals surface area contributed by atoms with Crippen LogP contribution in [0.25, 0.3) is 0 Å². The van der Waals surface area contributed by atoms with Crippen molar-refractivity contribution < 1.29 is 9.47 Å². The Morgan fingerprint density at radius 2 is 1.45 bits per heavy atom. The van der Waals surface area contributed by atoms with E-state index in [2.05, 4.69) is 5.32 Å². The maximum Gasteiger partial charge on any atom is 0.0620 e. The summed E-state index contributed by atoms with van der Waals surface area (Å²) in [7, 11) is 0. The van der Waals surface area contributed by atoms with Gasteiger partial charge in [-0.15, -0.1) is 0 Å². The van der Waals surface area contributed by atoms with Crippen LogP contribution in [0.5, 0.6) is 0 Å². The lowest BCUT2D eigenvalue weighted by molar-refractivity contribution is 0.177. The lowest BCUT2D eigenvalue weighted by atomic mass is 10.2. The standard InChI is InChI=1S/C8H15NO2/c1-3-10-5-7(1)9-8-2-4-11-6-8/h7-9H,1-6H2. The van der Waals surface area contributed by atoms with Gasteiger partial charge < -0.3 is 14.8 Å². The number of nitrogens with one attached hydrogen (secondary N) is 1. The maximum atomic E-state index is 5.26. The molecule has 0 aromatic rings. The summed E-state index contributed by atoms with van der Waals surface area (Å²) in [5.74, 6) is 0. The lowest BCUT2D eigenvalue weighted by Crippen LogP contribution is -2.38. The SMILES string of the molecule is C1CC(NC2CCOC2)CO1. The molecule has 0 radical (unpaired) electrons. The molecule has 3 nitrogen and oxygen atoms in total. The molecule has 11 heavy (non-hydrogen) atoms. The van der Waals surface area contributed by atoms with Crippen molar-refractivity contribution >= 4 is 0 Å². The van der Waals surface area contributed by atoms with Crippen LogP contribution in [0.15, 0.2) is 0 Å². The zero-order chi connectivity index (χ0) is 7.52. The van der Waals surface area contributed by atoms with Crippen LogP contribution in [0.4, 0.5) is 0 Å². The third-order valence-electron chi connectivity index (χ3n) is 2.33. The van der Waals surface area contributed by atoms with E-state index >= 15 is 0 Å². The summed E-state index contributed by atoms with van der Waals surface area (Å²) in [6.45, 7) is 3.61. The molecule has 3 heteroatoms. The van der Waals surface area contributed by atoms with Gasteiger partial charge in [0.25, 0.3) is 0 Å². The van der Waals surface area contributed by atoms with Gasteiger partial charge in [0.2, 0.25) is 0 Å². The van der Waals surface area contributed by atoms with E-state index in [0.717, 1.165) is 39.3 Å². The summed E-state index contributed by atoms with van der Waals surface area (Å²) < 4.78 is 10.5. The average Bonchev–Trinajstić information content (AvgIpc) is 2.60. The quantitative estimate of drug-likeness (QED) is 0.619. The van der Waals surface area contributed by atoms with Crippen molar-refractivity contribution in [2.24, 2.45) is 0 Å². The fourth-order valence-electron chi connectivity index (χ4n) is 1.67. The highest BCUT2D eigenvalue weighted by molar-refractivity contribution is 4.79. The summed E-state index contributed by atoms with van der Waals surface area (Å²) in [5, 5.41) is 3.53. The van der Waals surface area contributed by atoms with Gasteiger partial charge in [0, 0.05) is 25.3 Å². The fourth-order valence-corrected chi connectivity index (χ4v) is 1.67. The van der Waals surface area contributed by atoms with E-state index < -0.39 is 0 Å². The molecule has 0 saturated carbocycles. The van der Waals surface area contributed by atoms with E-state index in [-0.39, 0.29) is 0 Å². The van der Waals surface area contributed by atoms with Gasteiger partial charge in [0.05, 0.1) is 13.2 Å². The Hall–Kier alpha value is -0.120. The van der Waals surface area contributed by atoms with Crippen molar-refractivity contribution in [3.63, 3.8) is 0 Å². The zero-order valence-corrected chi connectivity index (χ0v) is 6.71. The largest absolute Gasteiger partial charge is 0.380 e. The van der Waals surface area contributed by atoms with Gasteiger partial charge >= 0.3 is 0 Å². The van der Waals surface area contributed by atoms with Crippen molar-refractivity contribution in [3.05, 3.63) is 0 Å². The van der Waals surface area contributed by atoms with Gasteiger partial charge in [-0.1, -0.05) is 0 Å². The highest BCUT2D eigenvalue weighted by Gasteiger charge is 2.22. The van der Waals surface area contributed by atoms with E-state index in [1.165, 1.54) is 0 Å². The summed E-state index contributed by atoms with van der Waals surface area (Å²) >= 11 is 0. The number of ether oxygens (including phenoxy) is 2. The predicted molar refractivity (Wildman–Crippen MR) is 41.6 cm³/mol. The van der Waals surface area contributed by atoms with Gasteiger partial charge in [0.1, 0.15) is 0 Å². The Morgan fingerprint density at radius 3 is 1.82 bits per heavy atom. The molecule has 2 aliphatic rings. The molecule has 2 atom stereocenters. The minimum atomic E-state index is 0.585. The molecule has 2 rings (SSSR count). The average molecular weight is 157 g/mol. The lowest BCUT2D eigenvalue weighted by Gasteiger charge is -2.15. The molecule has 0 aliphatic carbocycles. The minimum absolute atomic E-state index is 0.585. The Balaban J connectivity index is 1.71. The first-order chi connectivity index (χ1) is 5.45. The van der Waals surface area contributed by atoms with Crippen LogP contribution >= 0.6 is 0 Å². The molecule has 2 unspecified atom stereocenters. The third-order valence-corrected chi connectivity index (χ3v) is 2.33. The number of rotatable bonds is 2. The molecule has 64 valence electrons. The second kappa shape index (κ2) is 3.52. The van der Waals surface area contributed by atoms with E-state index in [9.17, 15) is 0 Å². The van der Waals surface area contributed by atoms with Crippen molar-refractivity contribution in [3.8, 4) is 0 Å². The Morgan fingerprint density at radius 1 is 0.909 bits per heavy atom. The topological polar surface area (TPSA) is 30.5 Å².